The molecule has 26 heavy (non-hydrogen) atoms. The average Bonchev–Trinajstić information content (AvgIpc) is 2.78. The molecular weight excluding hydrogens is 359 g/mol. The first-order chi connectivity index (χ1) is 12.1. The van der Waals surface area contributed by atoms with Crippen molar-refractivity contribution in [1.29, 1.82) is 0 Å². The quantitative estimate of drug-likeness (QED) is 0.822. The second-order valence-electron chi connectivity index (χ2n) is 7.03. The SMILES string of the molecule is COc1ccc(Nc2cc(B3OC(C)(C)C(C)(C)O3)c(F)cc2Cl)nn1. The number of nitrogens with one attached hydrogen (secondary N) is 1. The van der Waals surface area contributed by atoms with Gasteiger partial charge >= 0.3 is 7.12 Å². The topological polar surface area (TPSA) is 65.5 Å². The molecule has 1 aromatic carbocycles. The zero-order valence-corrected chi connectivity index (χ0v) is 16.0. The maximum Gasteiger partial charge on any atom is 0.497 e. The van der Waals surface area contributed by atoms with Gasteiger partial charge in [-0.1, -0.05) is 11.6 Å². The first kappa shape index (κ1) is 18.9. The molecule has 6 nitrogen and oxygen atoms in total. The summed E-state index contributed by atoms with van der Waals surface area (Å²) in [6.45, 7) is 7.64. The van der Waals surface area contributed by atoms with E-state index in [1.54, 1.807) is 18.2 Å². The van der Waals surface area contributed by atoms with Crippen molar-refractivity contribution in [2.45, 2.75) is 38.9 Å². The lowest BCUT2D eigenvalue weighted by Crippen LogP contribution is -2.41. The van der Waals surface area contributed by atoms with Gasteiger partial charge in [0.1, 0.15) is 5.82 Å². The van der Waals surface area contributed by atoms with Gasteiger partial charge in [-0.15, -0.1) is 10.2 Å². The molecule has 0 bridgehead atoms. The molecule has 0 radical (unpaired) electrons. The first-order valence-electron chi connectivity index (χ1n) is 8.12. The molecule has 9 heteroatoms. The third-order valence-corrected chi connectivity index (χ3v) is 5.02. The molecule has 1 aliphatic heterocycles. The molecule has 1 aromatic heterocycles. The Morgan fingerprint density at radius 1 is 1.12 bits per heavy atom. The van der Waals surface area contributed by atoms with Crippen molar-refractivity contribution in [3.63, 3.8) is 0 Å². The van der Waals surface area contributed by atoms with Crippen LogP contribution in [0.15, 0.2) is 24.3 Å². The summed E-state index contributed by atoms with van der Waals surface area (Å²) in [6, 6.07) is 6.12. The fourth-order valence-corrected chi connectivity index (χ4v) is 2.64. The lowest BCUT2D eigenvalue weighted by molar-refractivity contribution is 0.00578. The van der Waals surface area contributed by atoms with Crippen molar-refractivity contribution in [3.05, 3.63) is 35.1 Å². The van der Waals surface area contributed by atoms with Gasteiger partial charge in [0, 0.05) is 11.5 Å². The first-order valence-corrected chi connectivity index (χ1v) is 8.50. The lowest BCUT2D eigenvalue weighted by atomic mass is 9.78. The molecule has 0 aliphatic carbocycles. The minimum Gasteiger partial charge on any atom is -0.480 e. The monoisotopic (exact) mass is 379 g/mol. The maximum atomic E-state index is 14.5. The minimum atomic E-state index is -0.834. The summed E-state index contributed by atoms with van der Waals surface area (Å²) in [4.78, 5) is 0. The van der Waals surface area contributed by atoms with E-state index in [4.69, 9.17) is 25.6 Å². The van der Waals surface area contributed by atoms with Gasteiger partial charge in [-0.05, 0) is 45.9 Å². The predicted octanol–water partition coefficient (Wildman–Crippen LogP) is 3.32. The number of anilines is 2. The van der Waals surface area contributed by atoms with Crippen molar-refractivity contribution >= 4 is 35.7 Å². The molecule has 2 heterocycles. The molecule has 0 unspecified atom stereocenters. The number of rotatable bonds is 4. The molecule has 3 rings (SSSR count). The van der Waals surface area contributed by atoms with Crippen LogP contribution in [0.5, 0.6) is 5.88 Å². The van der Waals surface area contributed by atoms with Crippen LogP contribution in [0.25, 0.3) is 0 Å². The van der Waals surface area contributed by atoms with Crippen molar-refractivity contribution in [1.82, 2.24) is 10.2 Å². The predicted molar refractivity (Wildman–Crippen MR) is 99.0 cm³/mol. The zero-order valence-electron chi connectivity index (χ0n) is 15.3. The van der Waals surface area contributed by atoms with Gasteiger partial charge in [0.05, 0.1) is 29.0 Å². The fourth-order valence-electron chi connectivity index (χ4n) is 2.45. The van der Waals surface area contributed by atoms with E-state index in [-0.39, 0.29) is 10.5 Å². The Labute approximate surface area is 157 Å². The maximum absolute atomic E-state index is 14.5. The molecule has 2 aromatic rings. The normalized spacial score (nSPS) is 18.0. The second kappa shape index (κ2) is 6.68. The summed E-state index contributed by atoms with van der Waals surface area (Å²) in [5, 5.41) is 11.1. The van der Waals surface area contributed by atoms with E-state index in [9.17, 15) is 4.39 Å². The van der Waals surface area contributed by atoms with Crippen LogP contribution < -0.4 is 15.5 Å². The second-order valence-corrected chi connectivity index (χ2v) is 7.43. The highest BCUT2D eigenvalue weighted by Crippen LogP contribution is 2.37. The molecule has 1 fully saturated rings. The van der Waals surface area contributed by atoms with E-state index >= 15 is 0 Å². The number of halogens is 2. The van der Waals surface area contributed by atoms with Gasteiger partial charge in [-0.2, -0.15) is 0 Å². The van der Waals surface area contributed by atoms with Crippen LogP contribution in [-0.4, -0.2) is 35.6 Å². The standard InChI is InChI=1S/C17H20BClFN3O3/c1-16(2)17(3,4)26-18(25-16)10-8-13(11(19)9-12(10)20)21-14-6-7-15(24-5)23-22-14/h6-9H,1-5H3,(H,21,22). The van der Waals surface area contributed by atoms with Crippen LogP contribution in [0.3, 0.4) is 0 Å². The zero-order chi connectivity index (χ0) is 19.1. The van der Waals surface area contributed by atoms with E-state index < -0.39 is 24.1 Å². The van der Waals surface area contributed by atoms with E-state index in [0.29, 0.717) is 17.4 Å². The molecule has 0 saturated carbocycles. The summed E-state index contributed by atoms with van der Waals surface area (Å²) in [6.07, 6.45) is 0. The van der Waals surface area contributed by atoms with Gasteiger partial charge in [0.15, 0.2) is 5.82 Å². The van der Waals surface area contributed by atoms with Gasteiger partial charge in [-0.25, -0.2) is 4.39 Å². The van der Waals surface area contributed by atoms with Crippen LogP contribution >= 0.6 is 11.6 Å². The van der Waals surface area contributed by atoms with Crippen molar-refractivity contribution < 1.29 is 18.4 Å². The summed E-state index contributed by atoms with van der Waals surface area (Å²) in [5.74, 6) is 0.331. The van der Waals surface area contributed by atoms with Crippen molar-refractivity contribution in [2.24, 2.45) is 0 Å². The summed E-state index contributed by atoms with van der Waals surface area (Å²) in [7, 11) is 0.671. The van der Waals surface area contributed by atoms with Crippen molar-refractivity contribution in [3.8, 4) is 5.88 Å². The molecule has 138 valence electrons. The van der Waals surface area contributed by atoms with Gasteiger partial charge < -0.3 is 19.4 Å². The Bertz CT molecular complexity index is 802. The third-order valence-electron chi connectivity index (χ3n) is 4.71. The van der Waals surface area contributed by atoms with Crippen LogP contribution in [0.2, 0.25) is 5.02 Å². The van der Waals surface area contributed by atoms with E-state index in [1.807, 2.05) is 27.7 Å². The largest absolute Gasteiger partial charge is 0.497 e. The van der Waals surface area contributed by atoms with Crippen LogP contribution in [0, 0.1) is 5.82 Å². The highest BCUT2D eigenvalue weighted by atomic mass is 35.5. The lowest BCUT2D eigenvalue weighted by Gasteiger charge is -2.32. The minimum absolute atomic E-state index is 0.209. The van der Waals surface area contributed by atoms with E-state index in [2.05, 4.69) is 15.5 Å². The highest BCUT2D eigenvalue weighted by Gasteiger charge is 2.52. The van der Waals surface area contributed by atoms with Crippen LogP contribution in [0.1, 0.15) is 27.7 Å². The fraction of sp³-hybridized carbons (Fsp3) is 0.412. The summed E-state index contributed by atoms with van der Waals surface area (Å²) in [5.41, 5.74) is -0.410. The molecular formula is C17H20BClFN3O3. The smallest absolute Gasteiger partial charge is 0.480 e. The molecule has 0 atom stereocenters. The number of methoxy groups -OCH3 is 1. The van der Waals surface area contributed by atoms with Gasteiger partial charge in [-0.3, -0.25) is 0 Å². The number of benzene rings is 1. The Kier molecular flexibility index (Phi) is 4.85. The Morgan fingerprint density at radius 3 is 2.31 bits per heavy atom. The van der Waals surface area contributed by atoms with Crippen LogP contribution in [-0.2, 0) is 9.31 Å². The number of aromatic nitrogens is 2. The van der Waals surface area contributed by atoms with E-state index in [0.717, 1.165) is 0 Å². The molecule has 1 aliphatic rings. The summed E-state index contributed by atoms with van der Waals surface area (Å²) >= 11 is 6.17. The number of ether oxygens (including phenoxy) is 1. The summed E-state index contributed by atoms with van der Waals surface area (Å²) < 4.78 is 31.3. The van der Waals surface area contributed by atoms with Crippen molar-refractivity contribution in [2.75, 3.05) is 12.4 Å². The van der Waals surface area contributed by atoms with Crippen LogP contribution in [0.4, 0.5) is 15.9 Å². The third kappa shape index (κ3) is 3.49. The molecule has 1 saturated heterocycles. The van der Waals surface area contributed by atoms with Gasteiger partial charge in [0.25, 0.3) is 0 Å². The Hall–Kier alpha value is -1.90. The average molecular weight is 380 g/mol. The van der Waals surface area contributed by atoms with Gasteiger partial charge in [0.2, 0.25) is 5.88 Å². The Balaban J connectivity index is 1.90. The Morgan fingerprint density at radius 2 is 1.77 bits per heavy atom. The molecule has 1 N–H and O–H groups in total. The number of hydrogen-bond acceptors (Lipinski definition) is 6. The van der Waals surface area contributed by atoms with E-state index in [1.165, 1.54) is 13.2 Å². The number of nitrogens with zero attached hydrogens (tertiary/aromatic N) is 2. The number of hydrogen-bond donors (Lipinski definition) is 1. The molecule has 0 amide bonds. The molecule has 0 spiro atoms. The highest BCUT2D eigenvalue weighted by molar-refractivity contribution is 6.62.